The summed E-state index contributed by atoms with van der Waals surface area (Å²) in [6.45, 7) is 0.896. The van der Waals surface area contributed by atoms with Gasteiger partial charge in [-0.25, -0.2) is 9.00 Å². The van der Waals surface area contributed by atoms with Gasteiger partial charge >= 0.3 is 6.09 Å². The zero-order valence-corrected chi connectivity index (χ0v) is 8.57. The third-order valence-corrected chi connectivity index (χ3v) is 2.79. The van der Waals surface area contributed by atoms with E-state index in [4.69, 9.17) is 9.29 Å². The molecule has 0 aromatic heterocycles. The Morgan fingerprint density at radius 3 is 2.47 bits per heavy atom. The molecule has 5 nitrogen and oxygen atoms in total. The van der Waals surface area contributed by atoms with Gasteiger partial charge in [0.25, 0.3) is 0 Å². The summed E-state index contributed by atoms with van der Waals surface area (Å²) in [6.07, 6.45) is -0.382. The molecule has 0 radical (unpaired) electrons. The van der Waals surface area contributed by atoms with Crippen LogP contribution in [0.5, 0.6) is 0 Å². The molecular weight excluding hydrogens is 218 g/mol. The van der Waals surface area contributed by atoms with Gasteiger partial charge in [0, 0.05) is 5.69 Å². The molecule has 6 heteroatoms. The number of amides is 1. The summed E-state index contributed by atoms with van der Waals surface area (Å²) >= 11 is -1.98. The molecule has 1 unspecified atom stereocenters. The van der Waals surface area contributed by atoms with Crippen LogP contribution in [-0.4, -0.2) is 28.0 Å². The fraction of sp³-hybridized carbons (Fsp3) is 0.222. The van der Waals surface area contributed by atoms with E-state index >= 15 is 0 Å². The Balaban J connectivity index is 2.23. The molecule has 1 saturated heterocycles. The molecule has 1 aliphatic rings. The van der Waals surface area contributed by atoms with Crippen LogP contribution in [0.2, 0.25) is 0 Å². The molecule has 0 aliphatic carbocycles. The number of carbonyl (C=O) groups excluding carboxylic acids is 1. The van der Waals surface area contributed by atoms with Crippen molar-refractivity contribution in [2.24, 2.45) is 0 Å². The van der Waals surface area contributed by atoms with Crippen LogP contribution in [0.1, 0.15) is 0 Å². The highest BCUT2D eigenvalue weighted by molar-refractivity contribution is 7.79. The molecule has 1 fully saturated rings. The number of cyclic esters (lactones) is 1. The zero-order valence-electron chi connectivity index (χ0n) is 7.75. The second-order valence-corrected chi connectivity index (χ2v) is 3.98. The highest BCUT2D eigenvalue weighted by Gasteiger charge is 2.23. The first-order chi connectivity index (χ1) is 7.18. The lowest BCUT2D eigenvalue weighted by atomic mass is 10.3. The average Bonchev–Trinajstić information content (AvgIpc) is 2.65. The van der Waals surface area contributed by atoms with Crippen molar-refractivity contribution < 1.29 is 18.3 Å². The maximum absolute atomic E-state index is 11.2. The molecule has 15 heavy (non-hydrogen) atoms. The van der Waals surface area contributed by atoms with Crippen molar-refractivity contribution in [3.63, 3.8) is 0 Å². The summed E-state index contributed by atoms with van der Waals surface area (Å²) in [5.74, 6) is 0. The Bertz CT molecular complexity index is 403. The topological polar surface area (TPSA) is 66.8 Å². The van der Waals surface area contributed by atoms with Crippen LogP contribution in [0, 0.1) is 0 Å². The molecule has 0 saturated carbocycles. The van der Waals surface area contributed by atoms with Crippen molar-refractivity contribution in [2.75, 3.05) is 18.1 Å². The average molecular weight is 227 g/mol. The minimum absolute atomic E-state index is 0.311. The van der Waals surface area contributed by atoms with Gasteiger partial charge in [0.05, 0.1) is 11.4 Å². The first-order valence-electron chi connectivity index (χ1n) is 4.34. The van der Waals surface area contributed by atoms with Crippen LogP contribution >= 0.6 is 0 Å². The van der Waals surface area contributed by atoms with Gasteiger partial charge in [-0.3, -0.25) is 4.90 Å². The fourth-order valence-corrected chi connectivity index (χ4v) is 1.74. The number of rotatable bonds is 2. The summed E-state index contributed by atoms with van der Waals surface area (Å²) < 4.78 is 24.3. The van der Waals surface area contributed by atoms with Gasteiger partial charge in [-0.15, -0.1) is 0 Å². The summed E-state index contributed by atoms with van der Waals surface area (Å²) in [5, 5.41) is 0. The van der Waals surface area contributed by atoms with Gasteiger partial charge in [0.1, 0.15) is 6.61 Å². The quantitative estimate of drug-likeness (QED) is 0.771. The second kappa shape index (κ2) is 4.00. The number of hydrogen-bond donors (Lipinski definition) is 1. The summed E-state index contributed by atoms with van der Waals surface area (Å²) in [4.78, 5) is 13.0. The molecule has 0 bridgehead atoms. The van der Waals surface area contributed by atoms with E-state index in [2.05, 4.69) is 0 Å². The zero-order chi connectivity index (χ0) is 10.8. The Kier molecular flexibility index (Phi) is 2.70. The third kappa shape index (κ3) is 2.00. The van der Waals surface area contributed by atoms with Crippen molar-refractivity contribution in [1.82, 2.24) is 0 Å². The van der Waals surface area contributed by atoms with Crippen LogP contribution < -0.4 is 4.90 Å². The van der Waals surface area contributed by atoms with Gasteiger partial charge in [0.15, 0.2) is 11.1 Å². The largest absolute Gasteiger partial charge is 0.447 e. The number of nitrogens with zero attached hydrogens (tertiary/aromatic N) is 1. The van der Waals surface area contributed by atoms with Gasteiger partial charge in [0.2, 0.25) is 0 Å². The van der Waals surface area contributed by atoms with Crippen LogP contribution in [0.25, 0.3) is 0 Å². The first-order valence-corrected chi connectivity index (χ1v) is 5.44. The Labute approximate surface area is 88.9 Å². The summed E-state index contributed by atoms with van der Waals surface area (Å²) in [5.41, 5.74) is 0.673. The number of hydrogen-bond acceptors (Lipinski definition) is 3. The predicted molar refractivity (Wildman–Crippen MR) is 54.2 cm³/mol. The minimum Gasteiger partial charge on any atom is -0.447 e. The minimum atomic E-state index is -1.98. The van der Waals surface area contributed by atoms with E-state index in [0.717, 1.165) is 0 Å². The van der Waals surface area contributed by atoms with Crippen LogP contribution in [-0.2, 0) is 15.8 Å². The van der Waals surface area contributed by atoms with E-state index in [1.165, 1.54) is 17.0 Å². The van der Waals surface area contributed by atoms with E-state index < -0.39 is 11.1 Å². The van der Waals surface area contributed by atoms with Crippen LogP contribution in [0.15, 0.2) is 29.2 Å². The highest BCUT2D eigenvalue weighted by atomic mass is 32.2. The normalized spacial score (nSPS) is 17.7. The van der Waals surface area contributed by atoms with Gasteiger partial charge < -0.3 is 9.29 Å². The smallest absolute Gasteiger partial charge is 0.414 e. The van der Waals surface area contributed by atoms with E-state index in [0.29, 0.717) is 23.7 Å². The van der Waals surface area contributed by atoms with Crippen molar-refractivity contribution in [3.05, 3.63) is 24.3 Å². The van der Waals surface area contributed by atoms with E-state index in [1.54, 1.807) is 12.1 Å². The van der Waals surface area contributed by atoms with Crippen LogP contribution in [0.4, 0.5) is 10.5 Å². The molecule has 1 aromatic carbocycles. The highest BCUT2D eigenvalue weighted by Crippen LogP contribution is 2.19. The molecule has 0 spiro atoms. The maximum Gasteiger partial charge on any atom is 0.414 e. The van der Waals surface area contributed by atoms with E-state index in [9.17, 15) is 9.00 Å². The predicted octanol–water partition coefficient (Wildman–Crippen LogP) is 1.22. The maximum atomic E-state index is 11.2. The summed E-state index contributed by atoms with van der Waals surface area (Å²) in [7, 11) is 0. The van der Waals surface area contributed by atoms with Gasteiger partial charge in [-0.05, 0) is 24.3 Å². The molecule has 1 N–H and O–H groups in total. The second-order valence-electron chi connectivity index (χ2n) is 3.01. The third-order valence-electron chi connectivity index (χ3n) is 2.11. The number of benzene rings is 1. The Hall–Kier alpha value is -1.40. The molecule has 2 rings (SSSR count). The molecule has 1 aromatic rings. The van der Waals surface area contributed by atoms with Crippen molar-refractivity contribution >= 4 is 22.9 Å². The molecule has 1 atom stereocenters. The molecular formula is C9H9NO4S. The lowest BCUT2D eigenvalue weighted by Gasteiger charge is -2.12. The lowest BCUT2D eigenvalue weighted by Crippen LogP contribution is -2.23. The standard InChI is InChI=1S/C9H9NO4S/c11-9-10(5-6-14-9)7-1-3-8(4-2-7)15(12)13/h1-4H,5-6H2,(H,12,13). The van der Waals surface area contributed by atoms with Crippen molar-refractivity contribution in [1.29, 1.82) is 0 Å². The van der Waals surface area contributed by atoms with E-state index in [-0.39, 0.29) is 6.09 Å². The van der Waals surface area contributed by atoms with Crippen LogP contribution in [0.3, 0.4) is 0 Å². The van der Waals surface area contributed by atoms with Crippen molar-refractivity contribution in [2.45, 2.75) is 4.90 Å². The van der Waals surface area contributed by atoms with Crippen molar-refractivity contribution in [3.8, 4) is 0 Å². The SMILES string of the molecule is O=C1OCCN1c1ccc(S(=O)O)cc1. The number of carbonyl (C=O) groups is 1. The van der Waals surface area contributed by atoms with Gasteiger partial charge in [-0.1, -0.05) is 0 Å². The monoisotopic (exact) mass is 227 g/mol. The number of ether oxygens (including phenoxy) is 1. The first kappa shape index (κ1) is 10.1. The Morgan fingerprint density at radius 2 is 2.00 bits per heavy atom. The Morgan fingerprint density at radius 1 is 1.33 bits per heavy atom. The molecule has 1 heterocycles. The lowest BCUT2D eigenvalue weighted by molar-refractivity contribution is 0.181. The molecule has 1 aliphatic heterocycles. The molecule has 80 valence electrons. The number of anilines is 1. The summed E-state index contributed by atoms with van der Waals surface area (Å²) in [6, 6.07) is 6.26. The van der Waals surface area contributed by atoms with E-state index in [1.807, 2.05) is 0 Å². The molecule has 1 amide bonds. The fourth-order valence-electron chi connectivity index (χ4n) is 1.37. The van der Waals surface area contributed by atoms with Gasteiger partial charge in [-0.2, -0.15) is 0 Å².